The average Bonchev–Trinajstić information content (AvgIpc) is 3.35. The van der Waals surface area contributed by atoms with Crippen molar-refractivity contribution in [1.82, 2.24) is 0 Å². The van der Waals surface area contributed by atoms with E-state index in [1.807, 2.05) is 0 Å². The Hall–Kier alpha value is -2.19. The summed E-state index contributed by atoms with van der Waals surface area (Å²) in [4.78, 5) is 0. The second-order valence-electron chi connectivity index (χ2n) is 16.7. The Morgan fingerprint density at radius 2 is 1.23 bits per heavy atom. The number of allylic oxidation sites excluding steroid dienone is 6. The van der Waals surface area contributed by atoms with Gasteiger partial charge in [-0.15, -0.1) is 58.2 Å². The minimum atomic E-state index is -1.68. The predicted molar refractivity (Wildman–Crippen MR) is 235 cm³/mol. The minimum absolute atomic E-state index is 0.215. The standard InChI is InChI=1S/C45H54O2Si3.2ClH.Zr/c1-31-30-35-16-11-12-18-39(33-21-25-36(26-22-33)46-49(3,4)5)42(35)44(31)48-29-15-9-10-17-38-32(2)45(48)43-40(19-13-14-20-41(38)43)34-23-27-37(28-24-34)47-50(6,7)8;;;/h11-14,16,18-28,30,39-40,48H,9-10,15,17,29H2,1-8H3;2*1H;/q-2;;;+4/p-2. The molecule has 0 spiro atoms. The summed E-state index contributed by atoms with van der Waals surface area (Å²) in [6.07, 6.45) is 23.8. The molecule has 0 saturated carbocycles. The molecule has 7 rings (SSSR count). The van der Waals surface area contributed by atoms with Crippen molar-refractivity contribution in [2.24, 2.45) is 0 Å². The summed E-state index contributed by atoms with van der Waals surface area (Å²) in [7, 11) is 4.82. The molecule has 2 nitrogen and oxygen atoms in total. The molecule has 0 aromatic heterocycles. The van der Waals surface area contributed by atoms with Gasteiger partial charge in [-0.25, -0.2) is 0 Å². The first-order valence-electron chi connectivity index (χ1n) is 19.2. The van der Waals surface area contributed by atoms with Crippen molar-refractivity contribution in [2.45, 2.75) is 96.7 Å². The number of aryl methyl sites for hydroxylation is 1. The SMILES string of the molecule is Cc1[cH-]c2c(c1[SiH]1CCCCC[c-]3c(C)c1c1c3C=CC=CC1c1ccc(O[Si](C)(C)C)cc1)C(c1ccc(O[Si](C)(C)C)cc1)C=CC=C2.[Cl][Zr+2][Cl]. The van der Waals surface area contributed by atoms with Gasteiger partial charge in [-0.1, -0.05) is 94.1 Å². The van der Waals surface area contributed by atoms with Crippen LogP contribution in [0.3, 0.4) is 0 Å². The van der Waals surface area contributed by atoms with Gasteiger partial charge in [-0.2, -0.15) is 21.5 Å². The summed E-state index contributed by atoms with van der Waals surface area (Å²) < 4.78 is 12.7. The molecule has 3 aliphatic rings. The van der Waals surface area contributed by atoms with Crippen molar-refractivity contribution in [3.8, 4) is 11.5 Å². The molecule has 8 heteroatoms. The van der Waals surface area contributed by atoms with E-state index in [0.717, 1.165) is 11.5 Å². The monoisotopic (exact) mass is 870 g/mol. The van der Waals surface area contributed by atoms with Crippen molar-refractivity contribution in [1.29, 1.82) is 0 Å². The van der Waals surface area contributed by atoms with Gasteiger partial charge in [-0.05, 0) is 95.3 Å². The van der Waals surface area contributed by atoms with Gasteiger partial charge in [0.25, 0.3) is 0 Å². The molecule has 2 aliphatic carbocycles. The zero-order chi connectivity index (χ0) is 37.9. The fraction of sp³-hybridized carbons (Fsp3) is 0.333. The van der Waals surface area contributed by atoms with Gasteiger partial charge >= 0.3 is 37.9 Å². The fourth-order valence-corrected chi connectivity index (χ4v) is 14.7. The average molecular weight is 873 g/mol. The molecule has 3 atom stereocenters. The van der Waals surface area contributed by atoms with E-state index in [4.69, 9.17) is 25.9 Å². The van der Waals surface area contributed by atoms with Crippen LogP contribution < -0.4 is 19.2 Å². The van der Waals surface area contributed by atoms with Crippen LogP contribution in [0.15, 0.2) is 91.1 Å². The third-order valence-electron chi connectivity index (χ3n) is 10.6. The molecule has 0 radical (unpaired) electrons. The third kappa shape index (κ3) is 9.44. The van der Waals surface area contributed by atoms with Crippen LogP contribution in [-0.4, -0.2) is 25.4 Å². The summed E-state index contributed by atoms with van der Waals surface area (Å²) >= 11 is -0.826. The van der Waals surface area contributed by atoms with Crippen molar-refractivity contribution in [3.63, 3.8) is 0 Å². The second kappa shape index (κ2) is 17.3. The molecule has 4 aromatic rings. The molecule has 276 valence electrons. The first kappa shape index (κ1) is 40.5. The van der Waals surface area contributed by atoms with Crippen LogP contribution >= 0.6 is 17.0 Å². The Morgan fingerprint density at radius 1 is 0.698 bits per heavy atom. The number of rotatable bonds is 7. The summed E-state index contributed by atoms with van der Waals surface area (Å²) in [6, 6.07) is 21.9. The molecule has 0 saturated heterocycles. The molecule has 53 heavy (non-hydrogen) atoms. The van der Waals surface area contributed by atoms with E-state index in [0.29, 0.717) is 0 Å². The van der Waals surface area contributed by atoms with Crippen LogP contribution in [0.5, 0.6) is 11.5 Å². The molecule has 3 unspecified atom stereocenters. The van der Waals surface area contributed by atoms with Crippen LogP contribution in [0.25, 0.3) is 12.2 Å². The third-order valence-corrected chi connectivity index (χ3v) is 16.2. The van der Waals surface area contributed by atoms with Gasteiger partial charge in [0, 0.05) is 0 Å². The number of hydrogen-bond donors (Lipinski definition) is 0. The zero-order valence-electron chi connectivity index (χ0n) is 32.7. The first-order chi connectivity index (χ1) is 25.3. The quantitative estimate of drug-likeness (QED) is 0.136. The zero-order valence-corrected chi connectivity index (χ0v) is 39.8. The maximum absolute atomic E-state index is 6.38. The number of benzene rings is 2. The van der Waals surface area contributed by atoms with Crippen LogP contribution in [0.2, 0.25) is 45.3 Å². The summed E-state index contributed by atoms with van der Waals surface area (Å²) in [5, 5.41) is 3.40. The van der Waals surface area contributed by atoms with Crippen molar-refractivity contribution in [3.05, 3.63) is 141 Å². The Balaban J connectivity index is 0.00000155. The first-order valence-corrected chi connectivity index (χ1v) is 34.3. The van der Waals surface area contributed by atoms with Gasteiger partial charge in [0.15, 0.2) is 0 Å². The number of fused-ring (bicyclic) bond motifs is 6. The topological polar surface area (TPSA) is 18.5 Å². The van der Waals surface area contributed by atoms with Gasteiger partial charge in [0.1, 0.15) is 11.5 Å². The van der Waals surface area contributed by atoms with Crippen LogP contribution in [0, 0.1) is 13.8 Å². The van der Waals surface area contributed by atoms with Crippen LogP contribution in [0.1, 0.15) is 81.2 Å². The Kier molecular flexibility index (Phi) is 13.2. The molecule has 0 amide bonds. The molecule has 2 bridgehead atoms. The molecule has 4 aromatic carbocycles. The molecule has 0 fully saturated rings. The van der Waals surface area contributed by atoms with Gasteiger partial charge in [0.2, 0.25) is 16.6 Å². The van der Waals surface area contributed by atoms with Crippen molar-refractivity contribution in [2.75, 3.05) is 0 Å². The Bertz CT molecular complexity index is 2000. The number of hydrogen-bond acceptors (Lipinski definition) is 2. The summed E-state index contributed by atoms with van der Waals surface area (Å²) in [6.45, 7) is 18.4. The van der Waals surface area contributed by atoms with Crippen LogP contribution in [0.4, 0.5) is 0 Å². The Morgan fingerprint density at radius 3 is 1.77 bits per heavy atom. The van der Waals surface area contributed by atoms with E-state index in [1.165, 1.54) is 59.5 Å². The maximum atomic E-state index is 6.38. The Labute approximate surface area is 341 Å². The van der Waals surface area contributed by atoms with Crippen molar-refractivity contribution >= 4 is 65.0 Å². The van der Waals surface area contributed by atoms with E-state index >= 15 is 0 Å². The molecule has 0 N–H and O–H groups in total. The molecule has 1 aliphatic heterocycles. The fourth-order valence-electron chi connectivity index (χ4n) is 8.74. The summed E-state index contributed by atoms with van der Waals surface area (Å²) in [5.41, 5.74) is 13.4. The second-order valence-corrected chi connectivity index (χ2v) is 32.1. The van der Waals surface area contributed by atoms with Gasteiger partial charge in [-0.3, -0.25) is 0 Å². The number of halogens is 2. The van der Waals surface area contributed by atoms with Gasteiger partial charge < -0.3 is 8.85 Å². The molecular formula is C45H54Cl2O2Si3Zr. The van der Waals surface area contributed by atoms with E-state index < -0.39 is 46.3 Å². The van der Waals surface area contributed by atoms with Crippen LogP contribution in [-0.2, 0) is 27.3 Å². The van der Waals surface area contributed by atoms with E-state index in [-0.39, 0.29) is 11.8 Å². The van der Waals surface area contributed by atoms with E-state index in [2.05, 4.69) is 156 Å². The normalized spacial score (nSPS) is 19.3. The molecule has 1 heterocycles. The van der Waals surface area contributed by atoms with E-state index in [9.17, 15) is 0 Å². The summed E-state index contributed by atoms with van der Waals surface area (Å²) in [5.74, 6) is 2.42. The van der Waals surface area contributed by atoms with E-state index in [1.54, 1.807) is 32.6 Å². The van der Waals surface area contributed by atoms with Crippen molar-refractivity contribution < 1.29 is 29.7 Å². The molecular weight excluding hydrogens is 819 g/mol. The van der Waals surface area contributed by atoms with Gasteiger partial charge in [0.05, 0.1) is 0 Å². The predicted octanol–water partition coefficient (Wildman–Crippen LogP) is 12.0.